The van der Waals surface area contributed by atoms with Crippen molar-refractivity contribution in [2.24, 2.45) is 28.0 Å². The van der Waals surface area contributed by atoms with Crippen LogP contribution in [0.15, 0.2) is 53.4 Å². The Bertz CT molecular complexity index is 1760. The number of nitrogens with one attached hydrogen (secondary N) is 1. The Morgan fingerprint density at radius 1 is 1.21 bits per heavy atom. The number of aryl methyl sites for hydroxylation is 1. The van der Waals surface area contributed by atoms with Crippen LogP contribution in [0.3, 0.4) is 0 Å². The third-order valence-corrected chi connectivity index (χ3v) is 13.0. The largest absolute Gasteiger partial charge is 0.491 e. The number of rotatable bonds is 11. The lowest BCUT2D eigenvalue weighted by Crippen LogP contribution is -2.59. The van der Waals surface area contributed by atoms with E-state index in [2.05, 4.69) is 20.6 Å². The molecule has 0 bridgehead atoms. The van der Waals surface area contributed by atoms with Gasteiger partial charge in [-0.3, -0.25) is 14.3 Å². The van der Waals surface area contributed by atoms with Gasteiger partial charge in [0, 0.05) is 36.7 Å². The number of methoxy groups -OCH3 is 1. The maximum absolute atomic E-state index is 14.2. The predicted molar refractivity (Wildman–Crippen MR) is 196 cm³/mol. The highest BCUT2D eigenvalue weighted by molar-refractivity contribution is 7.92. The summed E-state index contributed by atoms with van der Waals surface area (Å²) in [6, 6.07) is 10.8. The van der Waals surface area contributed by atoms with Crippen LogP contribution < -0.4 is 14.4 Å². The van der Waals surface area contributed by atoms with Crippen molar-refractivity contribution in [2.75, 3.05) is 30.9 Å². The first-order chi connectivity index (χ1) is 24.6. The number of ether oxygens (including phenoxy) is 2. The van der Waals surface area contributed by atoms with E-state index < -0.39 is 52.3 Å². The van der Waals surface area contributed by atoms with Crippen LogP contribution >= 0.6 is 11.6 Å². The predicted octanol–water partition coefficient (Wildman–Crippen LogP) is 7.68. The zero-order valence-electron chi connectivity index (χ0n) is 29.9. The Labute approximate surface area is 309 Å². The van der Waals surface area contributed by atoms with E-state index in [1.807, 2.05) is 31.2 Å². The van der Waals surface area contributed by atoms with Crippen LogP contribution in [0.25, 0.3) is 0 Å². The molecule has 1 aliphatic heterocycles. The number of carbonyl (C=O) groups excluding carboxylic acids is 2. The fraction of sp³-hybridized carbons (Fsp3) is 0.579. The number of nitrogens with zero attached hydrogens (tertiary/aromatic N) is 2. The smallest absolute Gasteiger partial charge is 0.417 e. The Hall–Kier alpha value is -3.13. The maximum atomic E-state index is 14.2. The lowest BCUT2D eigenvalue weighted by molar-refractivity contribution is -0.295. The highest BCUT2D eigenvalue weighted by Gasteiger charge is 2.62. The molecule has 0 spiro atoms. The van der Waals surface area contributed by atoms with E-state index in [-0.39, 0.29) is 35.2 Å². The van der Waals surface area contributed by atoms with Crippen LogP contribution in [0.1, 0.15) is 80.3 Å². The number of anilines is 1. The van der Waals surface area contributed by atoms with Crippen molar-refractivity contribution in [2.45, 2.75) is 89.6 Å². The molecule has 2 aliphatic carbocycles. The Balaban J connectivity index is 1.50. The highest BCUT2D eigenvalue weighted by Crippen LogP contribution is 2.48. The van der Waals surface area contributed by atoms with Gasteiger partial charge in [-0.1, -0.05) is 44.0 Å². The van der Waals surface area contributed by atoms with E-state index in [9.17, 15) is 32.1 Å². The third-order valence-electron chi connectivity index (χ3n) is 10.8. The van der Waals surface area contributed by atoms with Gasteiger partial charge in [-0.2, -0.15) is 13.2 Å². The molecule has 0 radical (unpaired) electrons. The summed E-state index contributed by atoms with van der Waals surface area (Å²) in [7, 11) is -2.08. The molecule has 2 fully saturated rings. The molecule has 0 unspecified atom stereocenters. The summed E-state index contributed by atoms with van der Waals surface area (Å²) < 4.78 is 72.3. The van der Waals surface area contributed by atoms with Crippen LogP contribution in [0.5, 0.6) is 5.75 Å². The fourth-order valence-corrected chi connectivity index (χ4v) is 9.50. The number of aliphatic hydroxyl groups is 1. The van der Waals surface area contributed by atoms with Gasteiger partial charge in [0.25, 0.3) is 5.91 Å². The van der Waals surface area contributed by atoms with Crippen molar-refractivity contribution in [3.05, 3.63) is 70.8 Å². The van der Waals surface area contributed by atoms with Gasteiger partial charge in [0.15, 0.2) is 5.60 Å². The summed E-state index contributed by atoms with van der Waals surface area (Å²) in [5, 5.41) is 10.5. The van der Waals surface area contributed by atoms with E-state index in [4.69, 9.17) is 21.1 Å². The number of benzene rings is 2. The minimum Gasteiger partial charge on any atom is -0.491 e. The van der Waals surface area contributed by atoms with E-state index in [0.29, 0.717) is 42.6 Å². The lowest BCUT2D eigenvalue weighted by atomic mass is 9.70. The van der Waals surface area contributed by atoms with Crippen LogP contribution in [-0.4, -0.2) is 65.0 Å². The molecular formula is C38H49ClF3N3O6S. The standard InChI is InChI=1S/C38H49ClF3N3O6S/c1-5-24(3)23-52(49,44-36(47)29-19-37(48,20-29)38(40,41)42)43-35(46)26-12-15-34-32(18-26)45(22-28-11-14-31(28)33(6-2)50-4)21-27-10-13-30(39)17-25(27)9-7-8-16-51-34/h6,10,12-13,15,17-18,24,28-29,31,33,48H,2,5,7-9,11,14,16,19-23H2,1,3-4H3,(H,43,44,46,47,49)/t24-,28-,29?,31+,33-,37?,52-/m0/s1. The molecule has 1 heterocycles. The molecular weight excluding hydrogens is 719 g/mol. The summed E-state index contributed by atoms with van der Waals surface area (Å²) in [5.74, 6) is -2.33. The van der Waals surface area contributed by atoms with Gasteiger partial charge in [-0.25, -0.2) is 4.21 Å². The maximum Gasteiger partial charge on any atom is 0.417 e. The first kappa shape index (κ1) is 40.1. The van der Waals surface area contributed by atoms with Crippen molar-refractivity contribution in [1.29, 1.82) is 0 Å². The molecule has 2 aromatic rings. The lowest BCUT2D eigenvalue weighted by Gasteiger charge is -2.43. The molecule has 0 aromatic heterocycles. The normalized spacial score (nSPS) is 25.6. The molecule has 2 N–H and O–H groups in total. The number of hydrogen-bond donors (Lipinski definition) is 2. The van der Waals surface area contributed by atoms with Crippen molar-refractivity contribution >= 4 is 39.0 Å². The SMILES string of the molecule is C=C[C@H](OC)[C@@H]1CC[C@H]1CN1Cc2ccc(Cl)cc2CCCCOc2ccc(C(=O)N=[S@@](=O)(C[C@@H](C)CC)NC(=O)C3CC(O)(C(F)(F)F)C3)cc21. The van der Waals surface area contributed by atoms with Gasteiger partial charge in [0.1, 0.15) is 15.7 Å². The quantitative estimate of drug-likeness (QED) is 0.226. The number of fused-ring (bicyclic) bond motifs is 2. The monoisotopic (exact) mass is 767 g/mol. The summed E-state index contributed by atoms with van der Waals surface area (Å²) in [6.07, 6.45) is 0.150. The van der Waals surface area contributed by atoms with Crippen LogP contribution in [0.4, 0.5) is 18.9 Å². The van der Waals surface area contributed by atoms with Gasteiger partial charge in [0.05, 0.1) is 24.2 Å². The number of alkyl halides is 3. The zero-order chi connectivity index (χ0) is 37.8. The second-order valence-corrected chi connectivity index (χ2v) is 17.0. The highest BCUT2D eigenvalue weighted by atomic mass is 35.5. The third kappa shape index (κ3) is 9.14. The number of hydrogen-bond acceptors (Lipinski definition) is 7. The van der Waals surface area contributed by atoms with Crippen molar-refractivity contribution in [3.63, 3.8) is 0 Å². The second-order valence-electron chi connectivity index (χ2n) is 14.5. The van der Waals surface area contributed by atoms with Gasteiger partial charge in [0.2, 0.25) is 5.91 Å². The first-order valence-electron chi connectivity index (χ1n) is 17.9. The molecule has 9 nitrogen and oxygen atoms in total. The molecule has 0 saturated heterocycles. The molecule has 5 atom stereocenters. The minimum atomic E-state index is -4.90. The van der Waals surface area contributed by atoms with E-state index in [0.717, 1.165) is 43.2 Å². The summed E-state index contributed by atoms with van der Waals surface area (Å²) in [4.78, 5) is 29.1. The van der Waals surface area contributed by atoms with Gasteiger partial charge >= 0.3 is 6.18 Å². The number of amides is 2. The molecule has 2 aromatic carbocycles. The molecule has 3 aliphatic rings. The average molecular weight is 768 g/mol. The molecule has 14 heteroatoms. The molecule has 2 saturated carbocycles. The molecule has 286 valence electrons. The Kier molecular flexibility index (Phi) is 12.7. The minimum absolute atomic E-state index is 0.104. The first-order valence-corrected chi connectivity index (χ1v) is 20.0. The van der Waals surface area contributed by atoms with Crippen molar-refractivity contribution < 1.29 is 41.5 Å². The Morgan fingerprint density at radius 2 is 1.96 bits per heavy atom. The van der Waals surface area contributed by atoms with Gasteiger partial charge < -0.3 is 19.5 Å². The van der Waals surface area contributed by atoms with Crippen LogP contribution in [-0.2, 0) is 32.4 Å². The summed E-state index contributed by atoms with van der Waals surface area (Å²) in [6.45, 7) is 9.16. The molecule has 52 heavy (non-hydrogen) atoms. The fourth-order valence-electron chi connectivity index (χ4n) is 7.24. The Morgan fingerprint density at radius 3 is 2.60 bits per heavy atom. The summed E-state index contributed by atoms with van der Waals surface area (Å²) >= 11 is 6.42. The number of carbonyl (C=O) groups is 2. The number of halogens is 4. The van der Waals surface area contributed by atoms with Crippen LogP contribution in [0, 0.1) is 23.7 Å². The summed E-state index contributed by atoms with van der Waals surface area (Å²) in [5.41, 5.74) is 0.0171. The van der Waals surface area contributed by atoms with E-state index in [1.165, 1.54) is 0 Å². The van der Waals surface area contributed by atoms with E-state index >= 15 is 0 Å². The van der Waals surface area contributed by atoms with Crippen molar-refractivity contribution in [3.8, 4) is 5.75 Å². The zero-order valence-corrected chi connectivity index (χ0v) is 31.5. The molecule has 2 amide bonds. The van der Waals surface area contributed by atoms with Gasteiger partial charge in [-0.15, -0.1) is 10.9 Å². The van der Waals surface area contributed by atoms with Crippen molar-refractivity contribution in [1.82, 2.24) is 4.72 Å². The van der Waals surface area contributed by atoms with Gasteiger partial charge in [-0.05, 0) is 104 Å². The second kappa shape index (κ2) is 16.5. The van der Waals surface area contributed by atoms with Crippen LogP contribution in [0.2, 0.25) is 5.02 Å². The average Bonchev–Trinajstić information content (AvgIpc) is 3.09. The van der Waals surface area contributed by atoms with E-state index in [1.54, 1.807) is 32.2 Å². The topological polar surface area (TPSA) is 118 Å². The molecule has 5 rings (SSSR count).